The van der Waals surface area contributed by atoms with Crippen LogP contribution in [0.3, 0.4) is 0 Å². The van der Waals surface area contributed by atoms with Crippen molar-refractivity contribution in [2.45, 2.75) is 6.54 Å². The summed E-state index contributed by atoms with van der Waals surface area (Å²) in [4.78, 5) is 11.3. The number of hydrogen-bond acceptors (Lipinski definition) is 4. The van der Waals surface area contributed by atoms with Crippen molar-refractivity contribution in [3.63, 3.8) is 0 Å². The molecule has 0 saturated carbocycles. The molecule has 0 aliphatic heterocycles. The normalized spacial score (nSPS) is 10.8. The number of aliphatic hydroxyl groups excluding tert-OH is 1. The molecule has 5 heteroatoms. The minimum atomic E-state index is -0.465. The van der Waals surface area contributed by atoms with Crippen LogP contribution in [0, 0.1) is 0 Å². The smallest absolute Gasteiger partial charge is 0.188 e. The van der Waals surface area contributed by atoms with E-state index in [4.69, 9.17) is 5.11 Å². The van der Waals surface area contributed by atoms with Crippen molar-refractivity contribution in [2.75, 3.05) is 6.61 Å². The van der Waals surface area contributed by atoms with Crippen LogP contribution in [-0.2, 0) is 6.54 Å². The molecule has 0 aliphatic carbocycles. The lowest BCUT2D eigenvalue weighted by Gasteiger charge is -2.04. The highest BCUT2D eigenvalue weighted by molar-refractivity contribution is 5.96. The van der Waals surface area contributed by atoms with Crippen LogP contribution in [0.25, 0.3) is 11.0 Å². The zero-order valence-electron chi connectivity index (χ0n) is 10.7. The summed E-state index contributed by atoms with van der Waals surface area (Å²) in [6.07, 6.45) is 0. The summed E-state index contributed by atoms with van der Waals surface area (Å²) in [5, 5.41) is 17.0. The van der Waals surface area contributed by atoms with Crippen molar-refractivity contribution in [1.29, 1.82) is 0 Å². The largest absolute Gasteiger partial charge is 0.388 e. The number of fused-ring (bicyclic) bond motifs is 1. The average Bonchev–Trinajstić information content (AvgIpc) is 2.91. The number of hydrogen-bond donors (Lipinski definition) is 1. The maximum atomic E-state index is 11.3. The van der Waals surface area contributed by atoms with E-state index >= 15 is 0 Å². The third kappa shape index (κ3) is 2.31. The fourth-order valence-electron chi connectivity index (χ4n) is 2.09. The van der Waals surface area contributed by atoms with Crippen molar-refractivity contribution in [1.82, 2.24) is 15.0 Å². The summed E-state index contributed by atoms with van der Waals surface area (Å²) in [5.74, 6) is -0.275. The summed E-state index contributed by atoms with van der Waals surface area (Å²) < 4.78 is 1.82. The Morgan fingerprint density at radius 3 is 2.60 bits per heavy atom. The van der Waals surface area contributed by atoms with Gasteiger partial charge in [0, 0.05) is 5.56 Å². The summed E-state index contributed by atoms with van der Waals surface area (Å²) in [5.41, 5.74) is 3.37. The fourth-order valence-corrected chi connectivity index (χ4v) is 2.09. The minimum absolute atomic E-state index is 0.275. The molecule has 3 rings (SSSR count). The highest BCUT2D eigenvalue weighted by Gasteiger charge is 2.06. The molecule has 2 aromatic carbocycles. The zero-order chi connectivity index (χ0) is 13.9. The third-order valence-corrected chi connectivity index (χ3v) is 3.17. The van der Waals surface area contributed by atoms with Crippen molar-refractivity contribution < 1.29 is 9.90 Å². The van der Waals surface area contributed by atoms with Crippen molar-refractivity contribution in [3.8, 4) is 0 Å². The lowest BCUT2D eigenvalue weighted by molar-refractivity contribution is 0.0903. The van der Waals surface area contributed by atoms with Gasteiger partial charge in [0.05, 0.1) is 12.1 Å². The van der Waals surface area contributed by atoms with Crippen LogP contribution in [-0.4, -0.2) is 32.5 Å². The molecule has 3 aromatic rings. The number of carbonyl (C=O) groups excluding carboxylic acids is 1. The van der Waals surface area contributed by atoms with E-state index in [0.29, 0.717) is 12.1 Å². The number of aromatic nitrogens is 3. The van der Waals surface area contributed by atoms with E-state index in [1.165, 1.54) is 0 Å². The van der Waals surface area contributed by atoms with E-state index < -0.39 is 6.61 Å². The molecule has 0 fully saturated rings. The number of benzene rings is 2. The minimum Gasteiger partial charge on any atom is -0.388 e. The van der Waals surface area contributed by atoms with Gasteiger partial charge in [0.15, 0.2) is 5.78 Å². The summed E-state index contributed by atoms with van der Waals surface area (Å²) in [6.45, 7) is 0.126. The van der Waals surface area contributed by atoms with Crippen LogP contribution in [0.5, 0.6) is 0 Å². The summed E-state index contributed by atoms with van der Waals surface area (Å²) >= 11 is 0. The van der Waals surface area contributed by atoms with E-state index in [0.717, 1.165) is 16.6 Å². The molecule has 5 nitrogen and oxygen atoms in total. The Morgan fingerprint density at radius 2 is 1.85 bits per heavy atom. The number of Topliss-reactive ketones (excluding diaryl/α,β-unsaturated/α-hetero) is 1. The van der Waals surface area contributed by atoms with Gasteiger partial charge in [-0.05, 0) is 17.7 Å². The van der Waals surface area contributed by atoms with Gasteiger partial charge in [-0.1, -0.05) is 41.6 Å². The van der Waals surface area contributed by atoms with E-state index in [9.17, 15) is 4.79 Å². The first-order valence-electron chi connectivity index (χ1n) is 6.29. The van der Waals surface area contributed by atoms with Crippen LogP contribution in [0.15, 0.2) is 48.5 Å². The monoisotopic (exact) mass is 267 g/mol. The summed E-state index contributed by atoms with van der Waals surface area (Å²) in [6, 6.07) is 14.9. The molecule has 20 heavy (non-hydrogen) atoms. The Kier molecular flexibility index (Phi) is 3.26. The van der Waals surface area contributed by atoms with Crippen LogP contribution in [0.2, 0.25) is 0 Å². The molecule has 0 unspecified atom stereocenters. The lowest BCUT2D eigenvalue weighted by atomic mass is 10.1. The number of para-hydroxylation sites is 1. The van der Waals surface area contributed by atoms with Gasteiger partial charge in [0.25, 0.3) is 0 Å². The van der Waals surface area contributed by atoms with Gasteiger partial charge in [0.1, 0.15) is 12.1 Å². The first-order chi connectivity index (χ1) is 9.78. The number of nitrogens with zero attached hydrogens (tertiary/aromatic N) is 3. The van der Waals surface area contributed by atoms with Crippen LogP contribution in [0.1, 0.15) is 15.9 Å². The molecule has 0 radical (unpaired) electrons. The molecule has 0 atom stereocenters. The van der Waals surface area contributed by atoms with Gasteiger partial charge in [-0.15, -0.1) is 5.10 Å². The molecular weight excluding hydrogens is 254 g/mol. The molecule has 1 aromatic heterocycles. The molecular formula is C15H13N3O2. The molecule has 1 heterocycles. The Balaban J connectivity index is 1.86. The molecule has 100 valence electrons. The fraction of sp³-hybridized carbons (Fsp3) is 0.133. The molecule has 0 saturated heterocycles. The standard InChI is InChI=1S/C15H13N3O2/c19-10-15(20)12-7-5-11(6-8-12)9-18-14-4-2-1-3-13(14)16-17-18/h1-8,19H,9-10H2. The van der Waals surface area contributed by atoms with Crippen LogP contribution < -0.4 is 0 Å². The number of carbonyl (C=O) groups is 1. The first kappa shape index (κ1) is 12.5. The van der Waals surface area contributed by atoms with Gasteiger partial charge in [-0.3, -0.25) is 4.79 Å². The average molecular weight is 267 g/mol. The Labute approximate surface area is 115 Å². The van der Waals surface area contributed by atoms with Gasteiger partial charge in [0.2, 0.25) is 0 Å². The molecule has 0 amide bonds. The Bertz CT molecular complexity index is 747. The topological polar surface area (TPSA) is 68.0 Å². The predicted octanol–water partition coefficient (Wildman–Crippen LogP) is 1.65. The number of rotatable bonds is 4. The van der Waals surface area contributed by atoms with Crippen molar-refractivity contribution in [2.24, 2.45) is 0 Å². The van der Waals surface area contributed by atoms with Gasteiger partial charge < -0.3 is 5.11 Å². The van der Waals surface area contributed by atoms with Crippen LogP contribution >= 0.6 is 0 Å². The Hall–Kier alpha value is -2.53. The summed E-state index contributed by atoms with van der Waals surface area (Å²) in [7, 11) is 0. The SMILES string of the molecule is O=C(CO)c1ccc(Cn2nnc3ccccc32)cc1. The van der Waals surface area contributed by atoms with Crippen molar-refractivity contribution >= 4 is 16.8 Å². The van der Waals surface area contributed by atoms with Gasteiger partial charge >= 0.3 is 0 Å². The van der Waals surface area contributed by atoms with Gasteiger partial charge in [-0.25, -0.2) is 4.68 Å². The van der Waals surface area contributed by atoms with E-state index in [-0.39, 0.29) is 5.78 Å². The maximum Gasteiger partial charge on any atom is 0.188 e. The van der Waals surface area contributed by atoms with Gasteiger partial charge in [-0.2, -0.15) is 0 Å². The number of ketones is 1. The highest BCUT2D eigenvalue weighted by atomic mass is 16.3. The quantitative estimate of drug-likeness (QED) is 0.730. The molecule has 1 N–H and O–H groups in total. The molecule has 0 spiro atoms. The molecule has 0 bridgehead atoms. The first-order valence-corrected chi connectivity index (χ1v) is 6.29. The van der Waals surface area contributed by atoms with E-state index in [1.54, 1.807) is 12.1 Å². The highest BCUT2D eigenvalue weighted by Crippen LogP contribution is 2.13. The predicted molar refractivity (Wildman–Crippen MR) is 74.5 cm³/mol. The number of aliphatic hydroxyl groups is 1. The zero-order valence-corrected chi connectivity index (χ0v) is 10.7. The second kappa shape index (κ2) is 5.22. The maximum absolute atomic E-state index is 11.3. The van der Waals surface area contributed by atoms with E-state index in [2.05, 4.69) is 10.3 Å². The van der Waals surface area contributed by atoms with Crippen molar-refractivity contribution in [3.05, 3.63) is 59.7 Å². The second-order valence-corrected chi connectivity index (χ2v) is 4.51. The molecule has 0 aliphatic rings. The second-order valence-electron chi connectivity index (χ2n) is 4.51. The van der Waals surface area contributed by atoms with E-state index in [1.807, 2.05) is 41.1 Å². The third-order valence-electron chi connectivity index (χ3n) is 3.17. The lowest BCUT2D eigenvalue weighted by Crippen LogP contribution is -2.05. The van der Waals surface area contributed by atoms with Crippen LogP contribution in [0.4, 0.5) is 0 Å². The Morgan fingerprint density at radius 1 is 1.10 bits per heavy atom.